The van der Waals surface area contributed by atoms with Gasteiger partial charge < -0.3 is 18.6 Å². The SMILES string of the molecule is COc1cc(C=C2CC[C@H]3C[C@@H](O[Si](C)(C)C(C)(C)C)C[C@@H](c4ccccc4)N3C2=O)ccc1-n1cnc(C)c1. The Kier molecular flexibility index (Phi) is 7.81. The summed E-state index contributed by atoms with van der Waals surface area (Å²) in [5.41, 5.74) is 4.88. The van der Waals surface area contributed by atoms with Gasteiger partial charge in [0.15, 0.2) is 8.32 Å². The highest BCUT2D eigenvalue weighted by atomic mass is 28.4. The van der Waals surface area contributed by atoms with Gasteiger partial charge in [-0.1, -0.05) is 57.2 Å². The first kappa shape index (κ1) is 28.4. The number of hydrogen-bond acceptors (Lipinski definition) is 4. The Labute approximate surface area is 240 Å². The molecule has 0 radical (unpaired) electrons. The maximum Gasteiger partial charge on any atom is 0.250 e. The van der Waals surface area contributed by atoms with Crippen molar-refractivity contribution in [3.63, 3.8) is 0 Å². The topological polar surface area (TPSA) is 56.6 Å². The van der Waals surface area contributed by atoms with Crippen molar-refractivity contribution in [3.8, 4) is 11.4 Å². The van der Waals surface area contributed by atoms with Crippen LogP contribution in [0.2, 0.25) is 18.1 Å². The summed E-state index contributed by atoms with van der Waals surface area (Å²) in [4.78, 5) is 20.6. The first-order chi connectivity index (χ1) is 19.0. The Bertz CT molecular complexity index is 1390. The van der Waals surface area contributed by atoms with Gasteiger partial charge in [0, 0.05) is 23.9 Å². The fourth-order valence-electron chi connectivity index (χ4n) is 5.84. The van der Waals surface area contributed by atoms with Crippen LogP contribution in [0.25, 0.3) is 11.8 Å². The molecule has 2 aliphatic rings. The molecule has 5 rings (SSSR count). The van der Waals surface area contributed by atoms with Gasteiger partial charge in [-0.05, 0) is 80.1 Å². The van der Waals surface area contributed by atoms with Crippen LogP contribution in [0.3, 0.4) is 0 Å². The Morgan fingerprint density at radius 3 is 2.48 bits per heavy atom. The minimum Gasteiger partial charge on any atom is -0.495 e. The van der Waals surface area contributed by atoms with Gasteiger partial charge in [-0.25, -0.2) is 4.98 Å². The van der Waals surface area contributed by atoms with Crippen molar-refractivity contribution in [1.82, 2.24) is 14.5 Å². The molecule has 0 unspecified atom stereocenters. The van der Waals surface area contributed by atoms with Crippen molar-refractivity contribution in [1.29, 1.82) is 0 Å². The minimum atomic E-state index is -1.93. The van der Waals surface area contributed by atoms with Crippen molar-refractivity contribution >= 4 is 20.3 Å². The molecule has 0 spiro atoms. The maximum absolute atomic E-state index is 14.1. The number of benzene rings is 2. The highest BCUT2D eigenvalue weighted by Gasteiger charge is 2.46. The lowest BCUT2D eigenvalue weighted by Gasteiger charge is -2.50. The van der Waals surface area contributed by atoms with E-state index in [1.54, 1.807) is 13.4 Å². The summed E-state index contributed by atoms with van der Waals surface area (Å²) < 4.78 is 14.6. The third-order valence-corrected chi connectivity index (χ3v) is 13.5. The van der Waals surface area contributed by atoms with Crippen molar-refractivity contribution in [2.24, 2.45) is 0 Å². The molecule has 6 nitrogen and oxygen atoms in total. The van der Waals surface area contributed by atoms with E-state index in [4.69, 9.17) is 9.16 Å². The molecule has 0 bridgehead atoms. The largest absolute Gasteiger partial charge is 0.495 e. The number of nitrogens with zero attached hydrogens (tertiary/aromatic N) is 3. The van der Waals surface area contributed by atoms with E-state index in [2.05, 4.69) is 68.0 Å². The number of hydrogen-bond donors (Lipinski definition) is 0. The van der Waals surface area contributed by atoms with E-state index in [0.717, 1.165) is 54.0 Å². The first-order valence-corrected chi connectivity index (χ1v) is 17.3. The molecule has 7 heteroatoms. The molecule has 0 N–H and O–H groups in total. The molecule has 0 saturated carbocycles. The van der Waals surface area contributed by atoms with Gasteiger partial charge in [0.05, 0.1) is 30.9 Å². The van der Waals surface area contributed by atoms with Crippen LogP contribution in [0.1, 0.15) is 69.3 Å². The number of rotatable bonds is 6. The standard InChI is InChI=1S/C33H43N3O3Si/c1-23-21-35(22-34-23)29-16-13-24(18-31(29)38-5)17-26-14-15-27-19-28(39-40(6,7)33(2,3)4)20-30(36(27)32(26)37)25-11-9-8-10-12-25/h8-13,16-18,21-22,27-28,30H,14-15,19-20H2,1-7H3/t27-,28+,30-/m0/s1. The highest BCUT2D eigenvalue weighted by Crippen LogP contribution is 2.45. The van der Waals surface area contributed by atoms with E-state index in [-0.39, 0.29) is 29.1 Å². The predicted molar refractivity (Wildman–Crippen MR) is 163 cm³/mol. The monoisotopic (exact) mass is 557 g/mol. The molecule has 1 aromatic heterocycles. The van der Waals surface area contributed by atoms with Gasteiger partial charge >= 0.3 is 0 Å². The van der Waals surface area contributed by atoms with Gasteiger partial charge in [0.2, 0.25) is 0 Å². The third kappa shape index (κ3) is 5.67. The van der Waals surface area contributed by atoms with Gasteiger partial charge in [0.25, 0.3) is 5.91 Å². The summed E-state index contributed by atoms with van der Waals surface area (Å²) >= 11 is 0. The van der Waals surface area contributed by atoms with Gasteiger partial charge in [-0.15, -0.1) is 0 Å². The van der Waals surface area contributed by atoms with Crippen LogP contribution in [0.4, 0.5) is 0 Å². The maximum atomic E-state index is 14.1. The quantitative estimate of drug-likeness (QED) is 0.233. The van der Waals surface area contributed by atoms with Crippen molar-refractivity contribution in [3.05, 3.63) is 83.4 Å². The highest BCUT2D eigenvalue weighted by molar-refractivity contribution is 6.74. The lowest BCUT2D eigenvalue weighted by atomic mass is 9.82. The fourth-order valence-corrected chi connectivity index (χ4v) is 7.22. The van der Waals surface area contributed by atoms with Gasteiger partial charge in [0.1, 0.15) is 5.75 Å². The summed E-state index contributed by atoms with van der Waals surface area (Å²) in [6.45, 7) is 13.5. The van der Waals surface area contributed by atoms with Crippen molar-refractivity contribution in [2.45, 2.75) is 89.7 Å². The minimum absolute atomic E-state index is 0.00677. The van der Waals surface area contributed by atoms with Gasteiger partial charge in [-0.3, -0.25) is 4.79 Å². The Hall–Kier alpha value is -3.16. The smallest absolute Gasteiger partial charge is 0.250 e. The van der Waals surface area contributed by atoms with E-state index >= 15 is 0 Å². The number of amides is 1. The van der Waals surface area contributed by atoms with Crippen LogP contribution in [0.5, 0.6) is 5.75 Å². The average Bonchev–Trinajstić information content (AvgIpc) is 3.35. The second-order valence-electron chi connectivity index (χ2n) is 12.8. The van der Waals surface area contributed by atoms with Crippen LogP contribution < -0.4 is 4.74 Å². The number of carbonyl (C=O) groups excluding carboxylic acids is 1. The van der Waals surface area contributed by atoms with E-state index < -0.39 is 8.32 Å². The number of ether oxygens (including phenoxy) is 1. The van der Waals surface area contributed by atoms with E-state index in [1.807, 2.05) is 48.0 Å². The average molecular weight is 558 g/mol. The zero-order chi connectivity index (χ0) is 28.7. The third-order valence-electron chi connectivity index (χ3n) is 8.99. The first-order valence-electron chi connectivity index (χ1n) is 14.4. The fraction of sp³-hybridized carbons (Fsp3) is 0.455. The second kappa shape index (κ2) is 11.0. The molecular weight excluding hydrogens is 514 g/mol. The number of aryl methyl sites for hydroxylation is 1. The summed E-state index contributed by atoms with van der Waals surface area (Å²) in [7, 11) is -0.253. The molecule has 2 aliphatic heterocycles. The zero-order valence-electron chi connectivity index (χ0n) is 25.0. The second-order valence-corrected chi connectivity index (χ2v) is 17.6. The molecule has 0 aliphatic carbocycles. The molecule has 2 fully saturated rings. The number of fused-ring (bicyclic) bond motifs is 1. The lowest BCUT2D eigenvalue weighted by molar-refractivity contribution is -0.139. The zero-order valence-corrected chi connectivity index (χ0v) is 26.0. The summed E-state index contributed by atoms with van der Waals surface area (Å²) in [6.07, 6.45) is 9.42. The molecule has 40 heavy (non-hydrogen) atoms. The van der Waals surface area contributed by atoms with E-state index in [1.165, 1.54) is 5.56 Å². The predicted octanol–water partition coefficient (Wildman–Crippen LogP) is 7.49. The molecule has 1 amide bonds. The number of imidazole rings is 1. The van der Waals surface area contributed by atoms with Crippen molar-refractivity contribution < 1.29 is 14.0 Å². The van der Waals surface area contributed by atoms with Gasteiger partial charge in [-0.2, -0.15) is 0 Å². The van der Waals surface area contributed by atoms with Crippen LogP contribution in [-0.4, -0.2) is 47.9 Å². The van der Waals surface area contributed by atoms with Crippen LogP contribution in [0, 0.1) is 6.92 Å². The summed E-state index contributed by atoms with van der Waals surface area (Å²) in [5.74, 6) is 0.891. The van der Waals surface area contributed by atoms with Crippen LogP contribution >= 0.6 is 0 Å². The van der Waals surface area contributed by atoms with Crippen LogP contribution in [-0.2, 0) is 9.22 Å². The molecule has 2 saturated heterocycles. The molecule has 212 valence electrons. The van der Waals surface area contributed by atoms with Crippen molar-refractivity contribution in [2.75, 3.05) is 7.11 Å². The molecule has 3 atom stereocenters. The number of carbonyl (C=O) groups is 1. The Morgan fingerprint density at radius 1 is 1.07 bits per heavy atom. The summed E-state index contributed by atoms with van der Waals surface area (Å²) in [5, 5.41) is 0.151. The number of piperidine rings is 2. The number of methoxy groups -OCH3 is 1. The lowest BCUT2D eigenvalue weighted by Crippen LogP contribution is -2.55. The Balaban J connectivity index is 1.43. The normalized spacial score (nSPS) is 22.9. The number of aromatic nitrogens is 2. The molecule has 3 heterocycles. The summed E-state index contributed by atoms with van der Waals surface area (Å²) in [6, 6.07) is 16.8. The Morgan fingerprint density at radius 2 is 1.82 bits per heavy atom. The molecule has 3 aromatic rings. The molecular formula is C33H43N3O3Si. The van der Waals surface area contributed by atoms with Crippen LogP contribution in [0.15, 0.2) is 66.6 Å². The molecule has 2 aromatic carbocycles. The van der Waals surface area contributed by atoms with E-state index in [9.17, 15) is 4.79 Å². The van der Waals surface area contributed by atoms with E-state index in [0.29, 0.717) is 0 Å².